The molecule has 0 atom stereocenters. The summed E-state index contributed by atoms with van der Waals surface area (Å²) in [6.45, 7) is 23.1. The molecule has 458 valence electrons. The molecule has 0 radical (unpaired) electrons. The second kappa shape index (κ2) is 50.5. The number of hydrogen-bond acceptors (Lipinski definition) is 0. The van der Waals surface area contributed by atoms with Crippen molar-refractivity contribution in [3.05, 3.63) is 85.5 Å². The molecule has 3 heteroatoms. The predicted octanol–water partition coefficient (Wildman–Crippen LogP) is 26.6. The monoisotopic (exact) mass is 1130 g/mol. The van der Waals surface area contributed by atoms with Gasteiger partial charge in [-0.15, -0.1) is 0 Å². The molecule has 3 rings (SSSR count). The van der Waals surface area contributed by atoms with Crippen LogP contribution in [-0.2, 0) is 53.0 Å². The summed E-state index contributed by atoms with van der Waals surface area (Å²) >= 11 is 2.04. The maximum absolute atomic E-state index is 12.7. The van der Waals surface area contributed by atoms with Crippen molar-refractivity contribution in [2.75, 3.05) is 0 Å². The van der Waals surface area contributed by atoms with Crippen molar-refractivity contribution in [3.63, 3.8) is 0 Å². The maximum atomic E-state index is 12.7. The van der Waals surface area contributed by atoms with E-state index in [-0.39, 0.29) is 0 Å². The summed E-state index contributed by atoms with van der Waals surface area (Å²) in [6, 6.07) is 10.0. The Bertz CT molecular complexity index is 1670. The summed E-state index contributed by atoms with van der Waals surface area (Å²) in [7, 11) is 0. The average Bonchev–Trinajstić information content (AvgIpc) is 4.00. The van der Waals surface area contributed by atoms with E-state index in [0.29, 0.717) is 0 Å². The van der Waals surface area contributed by atoms with Crippen LogP contribution in [0.3, 0.4) is 0 Å². The van der Waals surface area contributed by atoms with Crippen molar-refractivity contribution < 1.29 is 19.1 Å². The van der Waals surface area contributed by atoms with Gasteiger partial charge in [-0.3, -0.25) is 0 Å². The quantitative estimate of drug-likeness (QED) is 0.0358. The van der Waals surface area contributed by atoms with E-state index in [4.69, 9.17) is 0 Å². The molecule has 1 heterocycles. The Kier molecular flexibility index (Phi) is 46.8. The predicted molar refractivity (Wildman–Crippen MR) is 353 cm³/mol. The summed E-state index contributed by atoms with van der Waals surface area (Å²) in [5.41, 5.74) is 29.5. The molecule has 1 aliphatic rings. The summed E-state index contributed by atoms with van der Waals surface area (Å²) in [4.78, 5) is 0. The summed E-state index contributed by atoms with van der Waals surface area (Å²) in [5.74, 6) is 0. The van der Waals surface area contributed by atoms with Crippen molar-refractivity contribution in [3.8, 4) is 0 Å². The normalized spacial score (nSPS) is 12.7. The molecule has 0 aromatic heterocycles. The van der Waals surface area contributed by atoms with Gasteiger partial charge in [0.1, 0.15) is 0 Å². The van der Waals surface area contributed by atoms with Crippen molar-refractivity contribution in [1.29, 1.82) is 0 Å². The van der Waals surface area contributed by atoms with Crippen molar-refractivity contribution in [2.24, 2.45) is 0 Å². The van der Waals surface area contributed by atoms with Gasteiger partial charge in [0.25, 0.3) is 0 Å². The number of allylic oxidation sites excluding steroid dienone is 2. The molecule has 79 heavy (non-hydrogen) atoms. The number of unbranched alkanes of at least 4 members (excludes halogenated alkanes) is 30. The van der Waals surface area contributed by atoms with E-state index in [1.54, 1.807) is 15.8 Å². The Morgan fingerprint density at radius 2 is 0.481 bits per heavy atom. The summed E-state index contributed by atoms with van der Waals surface area (Å²) < 4.78 is 1.69. The van der Waals surface area contributed by atoms with Gasteiger partial charge in [0, 0.05) is 22.3 Å². The number of rotatable bonds is 52. The third-order valence-electron chi connectivity index (χ3n) is 17.3. The van der Waals surface area contributed by atoms with Crippen LogP contribution in [0.2, 0.25) is 10.8 Å². The minimum absolute atomic E-state index is 1.03. The van der Waals surface area contributed by atoms with Crippen molar-refractivity contribution in [2.45, 2.75) is 388 Å². The van der Waals surface area contributed by atoms with E-state index < -0.39 is 0 Å². The van der Waals surface area contributed by atoms with Gasteiger partial charge in [0.15, 0.2) is 0 Å². The van der Waals surface area contributed by atoms with Crippen LogP contribution in [0.4, 0.5) is 0 Å². The fourth-order valence-corrected chi connectivity index (χ4v) is 13.4. The summed E-state index contributed by atoms with van der Waals surface area (Å²) in [5, 5.41) is 2.87. The first kappa shape index (κ1) is 73.1. The molecule has 0 saturated heterocycles. The Labute approximate surface area is 501 Å². The van der Waals surface area contributed by atoms with Crippen LogP contribution in [0.15, 0.2) is 35.4 Å². The van der Waals surface area contributed by atoms with Crippen LogP contribution in [-0.4, -0.2) is 4.70 Å². The van der Waals surface area contributed by atoms with E-state index in [1.807, 2.05) is 14.4 Å². The van der Waals surface area contributed by atoms with Gasteiger partial charge in [0.2, 0.25) is 11.4 Å². The molecule has 1 aliphatic heterocycles. The molecule has 0 N–H and O–H groups in total. The average molecular weight is 1130 g/mol. The number of hydrogen-bond donors (Lipinski definition) is 0. The molecule has 0 unspecified atom stereocenters. The zero-order valence-corrected chi connectivity index (χ0v) is 55.9. The van der Waals surface area contributed by atoms with E-state index in [9.17, 15) is 5.53 Å². The van der Waals surface area contributed by atoms with Gasteiger partial charge in [-0.1, -0.05) is 133 Å². The molecule has 0 saturated carbocycles. The molecule has 0 spiro atoms. The van der Waals surface area contributed by atoms with Gasteiger partial charge in [-0.2, -0.15) is 0 Å². The van der Waals surface area contributed by atoms with Crippen molar-refractivity contribution in [1.82, 2.24) is 0 Å². The molecule has 0 aliphatic carbocycles. The molecular formula is C76H134N2Ni. The molecule has 0 fully saturated rings. The zero-order valence-electron chi connectivity index (χ0n) is 54.9. The van der Waals surface area contributed by atoms with Gasteiger partial charge in [-0.25, -0.2) is 4.70 Å². The minimum Gasteiger partial charge on any atom is -0.0654 e. The fraction of sp³-hybridized carbons (Fsp3) is 0.789. The van der Waals surface area contributed by atoms with Crippen LogP contribution in [0.1, 0.15) is 383 Å². The molecule has 2 nitrogen and oxygen atoms in total. The van der Waals surface area contributed by atoms with Crippen LogP contribution < -0.4 is 0 Å². The second-order valence-corrected chi connectivity index (χ2v) is 26.1. The van der Waals surface area contributed by atoms with E-state index in [0.717, 1.165) is 75.6 Å². The Balaban J connectivity index is 0.000000627. The van der Waals surface area contributed by atoms with Gasteiger partial charge in [0.05, 0.1) is 0 Å². The second-order valence-electron chi connectivity index (χ2n) is 24.6. The van der Waals surface area contributed by atoms with Crippen molar-refractivity contribution >= 4 is 11.4 Å². The zero-order chi connectivity index (χ0) is 57.4. The topological polar surface area (TPSA) is 25.3 Å². The smallest absolute Gasteiger partial charge is 0.0654 e. The first-order valence-corrected chi connectivity index (χ1v) is 37.0. The summed E-state index contributed by atoms with van der Waals surface area (Å²) in [6.07, 6.45) is 63.5. The number of benzene rings is 2. The first-order valence-electron chi connectivity index (χ1n) is 35.6. The van der Waals surface area contributed by atoms with E-state index in [1.165, 1.54) is 299 Å². The van der Waals surface area contributed by atoms with E-state index in [2.05, 4.69) is 93.5 Å². The molecule has 2 aromatic rings. The number of nitrogens with zero attached hydrogens (tertiary/aromatic N) is 2. The molecular weight excluding hydrogens is 1000 g/mol. The third-order valence-corrected chi connectivity index (χ3v) is 18.6. The van der Waals surface area contributed by atoms with E-state index >= 15 is 0 Å². The Morgan fingerprint density at radius 3 is 0.734 bits per heavy atom. The first-order chi connectivity index (χ1) is 38.8. The number of aryl methyl sites for hydroxylation is 4. The molecule has 0 bridgehead atoms. The van der Waals surface area contributed by atoms with Gasteiger partial charge < -0.3 is 5.53 Å². The SMILES string of the molecule is CCCCC1=C(c2cc(CCCC)c(CCCC)c(CCCC)c2)[N+](=[N-])C(c2cc(CCCC)c(CCCC)c(CCCC)c2)=C1CCCC.CCCCCCCCCCCCC[CH2][Ni][CH2]CCCCCCCCCCCCC. The standard InChI is InChI=1S/C48H76N2.2C14H29.Ni/c1-9-17-25-37-33-41(34-38(26-18-10-2)43(37)29-21-13-5)47-45(31-23-15-7)46(32-24-16-8)48(50(47)49)42-35-39(27-19-11-3)44(30-22-14-6)40(36-42)28-20-12-4;2*1-3-5-7-9-11-13-14-12-10-8-6-4-2;/h33-36H,9-32H2,1-8H3;2*1,3-14H2,2H3;. The Hall–Kier alpha value is -1.99. The molecule has 2 aromatic carbocycles. The third kappa shape index (κ3) is 30.9. The van der Waals surface area contributed by atoms with Crippen LogP contribution in [0.5, 0.6) is 0 Å². The van der Waals surface area contributed by atoms with Gasteiger partial charge in [-0.05, 0) is 160 Å². The fourth-order valence-electron chi connectivity index (χ4n) is 12.1. The van der Waals surface area contributed by atoms with Gasteiger partial charge >= 0.3 is 166 Å². The van der Waals surface area contributed by atoms with Crippen LogP contribution in [0, 0.1) is 0 Å². The van der Waals surface area contributed by atoms with Crippen LogP contribution >= 0.6 is 0 Å². The minimum atomic E-state index is 1.03. The molecule has 0 amide bonds. The Morgan fingerprint density at radius 1 is 0.266 bits per heavy atom. The van der Waals surface area contributed by atoms with Crippen LogP contribution in [0.25, 0.3) is 16.9 Å².